The van der Waals surface area contributed by atoms with E-state index in [-0.39, 0.29) is 36.8 Å². The number of hydrogen-bond donors (Lipinski definition) is 0. The number of imide groups is 1. The molecule has 0 atom stereocenters. The number of carbonyl (C=O) groups is 3. The summed E-state index contributed by atoms with van der Waals surface area (Å²) in [6.07, 6.45) is 1.64. The Morgan fingerprint density at radius 2 is 1.89 bits per heavy atom. The molecule has 3 amide bonds. The summed E-state index contributed by atoms with van der Waals surface area (Å²) in [5.74, 6) is 1.04. The zero-order valence-electron chi connectivity index (χ0n) is 20.2. The predicted molar refractivity (Wildman–Crippen MR) is 135 cm³/mol. The summed E-state index contributed by atoms with van der Waals surface area (Å²) in [5, 5.41) is -0.340. The van der Waals surface area contributed by atoms with Gasteiger partial charge in [0.15, 0.2) is 18.1 Å². The Balaban J connectivity index is 1.36. The quantitative estimate of drug-likeness (QED) is 0.472. The first-order valence-electron chi connectivity index (χ1n) is 11.6. The van der Waals surface area contributed by atoms with Crippen LogP contribution in [-0.2, 0) is 14.3 Å². The minimum Gasteiger partial charge on any atom is -0.493 e. The molecule has 190 valence electrons. The maximum absolute atomic E-state index is 12.8. The van der Waals surface area contributed by atoms with Crippen LogP contribution in [0.1, 0.15) is 11.1 Å². The normalized spacial score (nSPS) is 17.0. The SMILES string of the molecule is COc1cc(/C=C2\SC(=O)N(CCOc3cccc(C)c3)C2=O)ccc1OCC(=O)N1CCOCC1. The van der Waals surface area contributed by atoms with Gasteiger partial charge in [-0.1, -0.05) is 18.2 Å². The number of methoxy groups -OCH3 is 1. The second-order valence-corrected chi connectivity index (χ2v) is 9.18. The smallest absolute Gasteiger partial charge is 0.293 e. The van der Waals surface area contributed by atoms with Gasteiger partial charge in [0.25, 0.3) is 17.1 Å². The molecule has 0 saturated carbocycles. The van der Waals surface area contributed by atoms with Crippen LogP contribution in [0.25, 0.3) is 6.08 Å². The molecule has 36 heavy (non-hydrogen) atoms. The van der Waals surface area contributed by atoms with E-state index < -0.39 is 0 Å². The molecule has 10 heteroatoms. The fourth-order valence-corrected chi connectivity index (χ4v) is 4.61. The molecule has 2 aliphatic heterocycles. The zero-order valence-corrected chi connectivity index (χ0v) is 21.0. The number of nitrogens with zero attached hydrogens (tertiary/aromatic N) is 2. The number of hydrogen-bond acceptors (Lipinski definition) is 8. The fraction of sp³-hybridized carbons (Fsp3) is 0.346. The third-order valence-corrected chi connectivity index (χ3v) is 6.55. The first kappa shape index (κ1) is 25.6. The van der Waals surface area contributed by atoms with Crippen molar-refractivity contribution >= 4 is 34.9 Å². The molecule has 0 bridgehead atoms. The van der Waals surface area contributed by atoms with Gasteiger partial charge in [-0.3, -0.25) is 19.3 Å². The summed E-state index contributed by atoms with van der Waals surface area (Å²) in [7, 11) is 1.50. The standard InChI is InChI=1S/C26H28N2O7S/c1-18-4-3-5-20(14-18)34-13-10-28-25(30)23(36-26(28)31)16-19-6-7-21(22(15-19)32-2)35-17-24(29)27-8-11-33-12-9-27/h3-7,14-16H,8-13,17H2,1-2H3/b23-16-. The highest BCUT2D eigenvalue weighted by Crippen LogP contribution is 2.34. The fourth-order valence-electron chi connectivity index (χ4n) is 3.74. The van der Waals surface area contributed by atoms with Crippen LogP contribution in [0.5, 0.6) is 17.2 Å². The second kappa shape index (κ2) is 12.0. The highest BCUT2D eigenvalue weighted by atomic mass is 32.2. The maximum atomic E-state index is 12.8. The number of benzene rings is 2. The van der Waals surface area contributed by atoms with E-state index in [4.69, 9.17) is 18.9 Å². The summed E-state index contributed by atoms with van der Waals surface area (Å²) < 4.78 is 22.0. The average Bonchev–Trinajstić information content (AvgIpc) is 3.15. The highest BCUT2D eigenvalue weighted by Gasteiger charge is 2.34. The van der Waals surface area contributed by atoms with E-state index in [2.05, 4.69) is 0 Å². The van der Waals surface area contributed by atoms with Crippen LogP contribution in [0, 0.1) is 6.92 Å². The number of carbonyl (C=O) groups excluding carboxylic acids is 3. The van der Waals surface area contributed by atoms with Crippen LogP contribution in [0.2, 0.25) is 0 Å². The minimum atomic E-state index is -0.367. The summed E-state index contributed by atoms with van der Waals surface area (Å²) in [4.78, 5) is 40.8. The summed E-state index contributed by atoms with van der Waals surface area (Å²) >= 11 is 0.883. The van der Waals surface area contributed by atoms with Gasteiger partial charge < -0.3 is 23.8 Å². The van der Waals surface area contributed by atoms with E-state index in [1.165, 1.54) is 12.0 Å². The molecule has 0 radical (unpaired) electrons. The number of amides is 3. The average molecular weight is 513 g/mol. The molecule has 2 heterocycles. The molecule has 2 aliphatic rings. The third-order valence-electron chi connectivity index (χ3n) is 5.65. The lowest BCUT2D eigenvalue weighted by Gasteiger charge is -2.26. The van der Waals surface area contributed by atoms with Gasteiger partial charge in [0.05, 0.1) is 31.8 Å². The van der Waals surface area contributed by atoms with Crippen molar-refractivity contribution in [2.75, 3.05) is 53.2 Å². The van der Waals surface area contributed by atoms with E-state index in [0.717, 1.165) is 17.3 Å². The van der Waals surface area contributed by atoms with Crippen LogP contribution in [0.15, 0.2) is 47.4 Å². The van der Waals surface area contributed by atoms with Gasteiger partial charge >= 0.3 is 0 Å². The lowest BCUT2D eigenvalue weighted by atomic mass is 10.2. The Hall–Kier alpha value is -3.50. The van der Waals surface area contributed by atoms with E-state index >= 15 is 0 Å². The largest absolute Gasteiger partial charge is 0.493 e. The molecule has 0 unspecified atom stereocenters. The molecule has 4 rings (SSSR count). The van der Waals surface area contributed by atoms with Crippen LogP contribution < -0.4 is 14.2 Å². The molecule has 0 spiro atoms. The van der Waals surface area contributed by atoms with E-state index in [1.54, 1.807) is 29.2 Å². The highest BCUT2D eigenvalue weighted by molar-refractivity contribution is 8.18. The summed E-state index contributed by atoms with van der Waals surface area (Å²) in [6, 6.07) is 12.7. The van der Waals surface area contributed by atoms with Gasteiger partial charge in [0.2, 0.25) is 0 Å². The van der Waals surface area contributed by atoms with Crippen molar-refractivity contribution in [1.29, 1.82) is 0 Å². The van der Waals surface area contributed by atoms with Gasteiger partial charge in [-0.15, -0.1) is 0 Å². The van der Waals surface area contributed by atoms with Crippen LogP contribution in [0.3, 0.4) is 0 Å². The number of rotatable bonds is 9. The predicted octanol–water partition coefficient (Wildman–Crippen LogP) is 3.36. The van der Waals surface area contributed by atoms with Gasteiger partial charge in [-0.25, -0.2) is 0 Å². The van der Waals surface area contributed by atoms with Crippen molar-refractivity contribution in [3.05, 3.63) is 58.5 Å². The maximum Gasteiger partial charge on any atom is 0.293 e. The Morgan fingerprint density at radius 3 is 2.64 bits per heavy atom. The first-order chi connectivity index (χ1) is 17.4. The molecular formula is C26H28N2O7S. The Labute approximate surface area is 213 Å². The molecule has 0 aromatic heterocycles. The summed E-state index contributed by atoms with van der Waals surface area (Å²) in [5.41, 5.74) is 1.73. The van der Waals surface area contributed by atoms with Gasteiger partial charge in [-0.05, 0) is 60.2 Å². The van der Waals surface area contributed by atoms with Crippen molar-refractivity contribution in [1.82, 2.24) is 9.80 Å². The topological polar surface area (TPSA) is 94.6 Å². The number of ether oxygens (including phenoxy) is 4. The number of aryl methyl sites for hydroxylation is 1. The minimum absolute atomic E-state index is 0.112. The summed E-state index contributed by atoms with van der Waals surface area (Å²) in [6.45, 7) is 4.35. The number of morpholine rings is 1. The first-order valence-corrected chi connectivity index (χ1v) is 12.4. The van der Waals surface area contributed by atoms with Crippen LogP contribution in [-0.4, -0.2) is 80.0 Å². The van der Waals surface area contributed by atoms with Crippen molar-refractivity contribution in [3.8, 4) is 17.2 Å². The van der Waals surface area contributed by atoms with Crippen molar-refractivity contribution < 1.29 is 33.3 Å². The molecule has 2 aromatic carbocycles. The van der Waals surface area contributed by atoms with Crippen LogP contribution >= 0.6 is 11.8 Å². The lowest BCUT2D eigenvalue weighted by molar-refractivity contribution is -0.137. The van der Waals surface area contributed by atoms with Gasteiger partial charge in [0, 0.05) is 13.1 Å². The van der Waals surface area contributed by atoms with Crippen molar-refractivity contribution in [2.45, 2.75) is 6.92 Å². The molecule has 2 saturated heterocycles. The third kappa shape index (κ3) is 6.38. The van der Waals surface area contributed by atoms with Gasteiger partial charge in [-0.2, -0.15) is 0 Å². The molecular weight excluding hydrogens is 484 g/mol. The van der Waals surface area contributed by atoms with E-state index in [0.29, 0.717) is 54.0 Å². The van der Waals surface area contributed by atoms with Crippen LogP contribution in [0.4, 0.5) is 4.79 Å². The van der Waals surface area contributed by atoms with Crippen molar-refractivity contribution in [3.63, 3.8) is 0 Å². The molecule has 2 aromatic rings. The second-order valence-electron chi connectivity index (χ2n) is 8.19. The number of thioether (sulfide) groups is 1. The van der Waals surface area contributed by atoms with Gasteiger partial charge in [0.1, 0.15) is 12.4 Å². The Bertz CT molecular complexity index is 1160. The lowest BCUT2D eigenvalue weighted by Crippen LogP contribution is -2.43. The zero-order chi connectivity index (χ0) is 25.5. The molecule has 0 aliphatic carbocycles. The molecule has 9 nitrogen and oxygen atoms in total. The van der Waals surface area contributed by atoms with Crippen molar-refractivity contribution in [2.24, 2.45) is 0 Å². The Morgan fingerprint density at radius 1 is 1.08 bits per heavy atom. The molecule has 0 N–H and O–H groups in total. The Kier molecular flexibility index (Phi) is 8.50. The monoisotopic (exact) mass is 512 g/mol. The molecule has 2 fully saturated rings. The van der Waals surface area contributed by atoms with E-state index in [9.17, 15) is 14.4 Å². The van der Waals surface area contributed by atoms with E-state index in [1.807, 2.05) is 31.2 Å².